The molecule has 108 valence electrons. The maximum Gasteiger partial charge on any atom is 0.217 e. The van der Waals surface area contributed by atoms with E-state index in [9.17, 15) is 8.42 Å². The number of hydrogen-bond acceptors (Lipinski definition) is 5. The standard InChI is InChI=1S/C15H14N2O3S/c1-21(18,19)11-7-8-13-12(9-11)17-15(20-13)14(16)10-5-3-2-4-6-10/h2-9,14H,16H2,1H3. The Morgan fingerprint density at radius 2 is 1.86 bits per heavy atom. The van der Waals surface area contributed by atoms with E-state index in [2.05, 4.69) is 4.98 Å². The number of nitrogens with two attached hydrogens (primary N) is 1. The Morgan fingerprint density at radius 3 is 2.52 bits per heavy atom. The molecule has 2 aromatic carbocycles. The lowest BCUT2D eigenvalue weighted by atomic mass is 10.1. The Labute approximate surface area is 122 Å². The van der Waals surface area contributed by atoms with Crippen molar-refractivity contribution in [2.45, 2.75) is 10.9 Å². The summed E-state index contributed by atoms with van der Waals surface area (Å²) in [5.74, 6) is 0.363. The number of aromatic nitrogens is 1. The summed E-state index contributed by atoms with van der Waals surface area (Å²) in [5, 5.41) is 0. The molecule has 0 amide bonds. The Hall–Kier alpha value is -2.18. The van der Waals surface area contributed by atoms with Gasteiger partial charge in [0.1, 0.15) is 11.6 Å². The molecule has 3 rings (SSSR count). The molecule has 0 saturated heterocycles. The van der Waals surface area contributed by atoms with E-state index in [1.165, 1.54) is 12.1 Å². The molecule has 1 heterocycles. The van der Waals surface area contributed by atoms with E-state index < -0.39 is 15.9 Å². The molecule has 0 spiro atoms. The van der Waals surface area contributed by atoms with E-state index in [-0.39, 0.29) is 4.90 Å². The van der Waals surface area contributed by atoms with Gasteiger partial charge in [0.15, 0.2) is 15.4 Å². The average Bonchev–Trinajstić information content (AvgIpc) is 2.89. The van der Waals surface area contributed by atoms with E-state index >= 15 is 0 Å². The number of rotatable bonds is 3. The molecule has 21 heavy (non-hydrogen) atoms. The fourth-order valence-corrected chi connectivity index (χ4v) is 2.73. The molecule has 0 radical (unpaired) electrons. The Morgan fingerprint density at radius 1 is 1.14 bits per heavy atom. The Balaban J connectivity index is 2.06. The normalized spacial score (nSPS) is 13.4. The average molecular weight is 302 g/mol. The molecule has 6 heteroatoms. The third-order valence-electron chi connectivity index (χ3n) is 3.23. The van der Waals surface area contributed by atoms with Gasteiger partial charge < -0.3 is 10.2 Å². The summed E-state index contributed by atoms with van der Waals surface area (Å²) >= 11 is 0. The topological polar surface area (TPSA) is 86.2 Å². The quantitative estimate of drug-likeness (QED) is 0.802. The van der Waals surface area contributed by atoms with Gasteiger partial charge in [-0.15, -0.1) is 0 Å². The molecule has 0 aliphatic heterocycles. The SMILES string of the molecule is CS(=O)(=O)c1ccc2oc(C(N)c3ccccc3)nc2c1. The van der Waals surface area contributed by atoms with Crippen LogP contribution in [0.25, 0.3) is 11.1 Å². The minimum absolute atomic E-state index is 0.211. The van der Waals surface area contributed by atoms with Crippen molar-refractivity contribution >= 4 is 20.9 Å². The van der Waals surface area contributed by atoms with Crippen molar-refractivity contribution in [3.8, 4) is 0 Å². The van der Waals surface area contributed by atoms with E-state index in [1.54, 1.807) is 6.07 Å². The molecule has 1 aromatic heterocycles. The van der Waals surface area contributed by atoms with Crippen LogP contribution >= 0.6 is 0 Å². The van der Waals surface area contributed by atoms with Crippen molar-refractivity contribution in [2.24, 2.45) is 5.73 Å². The predicted molar refractivity (Wildman–Crippen MR) is 79.6 cm³/mol. The minimum atomic E-state index is -3.27. The third-order valence-corrected chi connectivity index (χ3v) is 4.34. The fraction of sp³-hybridized carbons (Fsp3) is 0.133. The third kappa shape index (κ3) is 2.68. The summed E-state index contributed by atoms with van der Waals surface area (Å²) in [6, 6.07) is 13.6. The molecule has 0 fully saturated rings. The summed E-state index contributed by atoms with van der Waals surface area (Å²) in [6.45, 7) is 0. The zero-order valence-corrected chi connectivity index (χ0v) is 12.2. The molecule has 0 saturated carbocycles. The van der Waals surface area contributed by atoms with Gasteiger partial charge in [-0.25, -0.2) is 13.4 Å². The maximum atomic E-state index is 11.6. The van der Waals surface area contributed by atoms with E-state index in [0.29, 0.717) is 17.0 Å². The van der Waals surface area contributed by atoms with Crippen LogP contribution in [0.5, 0.6) is 0 Å². The first-order chi connectivity index (χ1) is 9.95. The Bertz CT molecular complexity index is 886. The Kier molecular flexibility index (Phi) is 3.27. The van der Waals surface area contributed by atoms with Crippen molar-refractivity contribution in [1.82, 2.24) is 4.98 Å². The highest BCUT2D eigenvalue weighted by atomic mass is 32.2. The van der Waals surface area contributed by atoms with Crippen molar-refractivity contribution in [2.75, 3.05) is 6.26 Å². The number of hydrogen-bond donors (Lipinski definition) is 1. The van der Waals surface area contributed by atoms with Gasteiger partial charge in [0.2, 0.25) is 5.89 Å². The summed E-state index contributed by atoms with van der Waals surface area (Å²) in [7, 11) is -3.27. The molecule has 0 aliphatic rings. The molecular weight excluding hydrogens is 288 g/mol. The van der Waals surface area contributed by atoms with Crippen LogP contribution in [0.3, 0.4) is 0 Å². The predicted octanol–water partition coefficient (Wildman–Crippen LogP) is 2.28. The largest absolute Gasteiger partial charge is 0.439 e. The lowest BCUT2D eigenvalue weighted by molar-refractivity contribution is 0.505. The second-order valence-electron chi connectivity index (χ2n) is 4.84. The first-order valence-corrected chi connectivity index (χ1v) is 8.25. The first-order valence-electron chi connectivity index (χ1n) is 6.36. The number of fused-ring (bicyclic) bond motifs is 1. The molecule has 0 bridgehead atoms. The molecule has 1 unspecified atom stereocenters. The number of oxazole rings is 1. The van der Waals surface area contributed by atoms with Gasteiger partial charge in [0, 0.05) is 6.26 Å². The van der Waals surface area contributed by atoms with Gasteiger partial charge in [0.25, 0.3) is 0 Å². The summed E-state index contributed by atoms with van der Waals surface area (Å²) < 4.78 is 28.7. The first kappa shape index (κ1) is 13.8. The molecule has 1 atom stereocenters. The van der Waals surface area contributed by atoms with Crippen LogP contribution in [0.4, 0.5) is 0 Å². The summed E-state index contributed by atoms with van der Waals surface area (Å²) in [6.07, 6.45) is 1.16. The van der Waals surface area contributed by atoms with Gasteiger partial charge >= 0.3 is 0 Å². The van der Waals surface area contributed by atoms with Crippen LogP contribution in [-0.4, -0.2) is 19.7 Å². The number of sulfone groups is 1. The monoisotopic (exact) mass is 302 g/mol. The van der Waals surface area contributed by atoms with Crippen LogP contribution < -0.4 is 5.73 Å². The van der Waals surface area contributed by atoms with E-state index in [4.69, 9.17) is 10.2 Å². The lowest BCUT2D eigenvalue weighted by Gasteiger charge is -2.06. The molecule has 3 aromatic rings. The highest BCUT2D eigenvalue weighted by Gasteiger charge is 2.17. The zero-order chi connectivity index (χ0) is 15.0. The van der Waals surface area contributed by atoms with Crippen molar-refractivity contribution in [1.29, 1.82) is 0 Å². The molecule has 5 nitrogen and oxygen atoms in total. The van der Waals surface area contributed by atoms with Crippen LogP contribution in [0.1, 0.15) is 17.5 Å². The van der Waals surface area contributed by atoms with Crippen LogP contribution in [-0.2, 0) is 9.84 Å². The van der Waals surface area contributed by atoms with Gasteiger partial charge in [-0.1, -0.05) is 30.3 Å². The van der Waals surface area contributed by atoms with Crippen molar-refractivity contribution in [3.63, 3.8) is 0 Å². The smallest absolute Gasteiger partial charge is 0.217 e. The van der Waals surface area contributed by atoms with Gasteiger partial charge in [-0.3, -0.25) is 0 Å². The van der Waals surface area contributed by atoms with Crippen LogP contribution in [0.2, 0.25) is 0 Å². The number of benzene rings is 2. The van der Waals surface area contributed by atoms with Gasteiger partial charge in [0.05, 0.1) is 4.90 Å². The summed E-state index contributed by atoms with van der Waals surface area (Å²) in [4.78, 5) is 4.52. The number of nitrogens with zero attached hydrogens (tertiary/aromatic N) is 1. The van der Waals surface area contributed by atoms with Crippen molar-refractivity contribution < 1.29 is 12.8 Å². The maximum absolute atomic E-state index is 11.6. The second-order valence-corrected chi connectivity index (χ2v) is 6.86. The summed E-state index contributed by atoms with van der Waals surface area (Å²) in [5.41, 5.74) is 8.01. The lowest BCUT2D eigenvalue weighted by Crippen LogP contribution is -2.11. The molecule has 0 aliphatic carbocycles. The van der Waals surface area contributed by atoms with E-state index in [0.717, 1.165) is 11.8 Å². The van der Waals surface area contributed by atoms with E-state index in [1.807, 2.05) is 30.3 Å². The van der Waals surface area contributed by atoms with Gasteiger partial charge in [-0.05, 0) is 23.8 Å². The minimum Gasteiger partial charge on any atom is -0.439 e. The van der Waals surface area contributed by atoms with Crippen molar-refractivity contribution in [3.05, 3.63) is 60.0 Å². The highest BCUT2D eigenvalue weighted by molar-refractivity contribution is 7.90. The van der Waals surface area contributed by atoms with Crippen LogP contribution in [0.15, 0.2) is 57.8 Å². The highest BCUT2D eigenvalue weighted by Crippen LogP contribution is 2.25. The fourth-order valence-electron chi connectivity index (χ4n) is 2.09. The van der Waals surface area contributed by atoms with Crippen LogP contribution in [0, 0.1) is 0 Å². The second kappa shape index (κ2) is 4.98. The zero-order valence-electron chi connectivity index (χ0n) is 11.4. The molecular formula is C15H14N2O3S. The van der Waals surface area contributed by atoms with Gasteiger partial charge in [-0.2, -0.15) is 0 Å². The molecule has 2 N–H and O–H groups in total.